The third-order valence-electron chi connectivity index (χ3n) is 4.74. The van der Waals surface area contributed by atoms with Crippen LogP contribution in [0.25, 0.3) is 16.6 Å². The molecule has 1 atom stereocenters. The lowest BCUT2D eigenvalue weighted by Gasteiger charge is -2.09. The highest BCUT2D eigenvalue weighted by atomic mass is 16.1. The van der Waals surface area contributed by atoms with Crippen LogP contribution in [0.4, 0.5) is 0 Å². The van der Waals surface area contributed by atoms with Crippen LogP contribution in [0, 0.1) is 6.92 Å². The Morgan fingerprint density at radius 2 is 1.96 bits per heavy atom. The molecule has 0 aliphatic carbocycles. The maximum Gasteiger partial charge on any atom is 0.139 e. The fourth-order valence-corrected chi connectivity index (χ4v) is 3.32. The number of rotatable bonds is 6. The normalized spacial score (nSPS) is 12.2. The maximum absolute atomic E-state index is 12.5. The van der Waals surface area contributed by atoms with Crippen LogP contribution in [0.3, 0.4) is 0 Å². The van der Waals surface area contributed by atoms with E-state index in [0.29, 0.717) is 12.8 Å². The van der Waals surface area contributed by atoms with Gasteiger partial charge >= 0.3 is 0 Å². The van der Waals surface area contributed by atoms with Gasteiger partial charge in [-0.1, -0.05) is 13.0 Å². The molecule has 0 radical (unpaired) electrons. The van der Waals surface area contributed by atoms with Gasteiger partial charge in [0.15, 0.2) is 0 Å². The van der Waals surface area contributed by atoms with Crippen LogP contribution >= 0.6 is 0 Å². The Hall–Kier alpha value is -3.41. The average molecular weight is 371 g/mol. The number of fused-ring (bicyclic) bond motifs is 1. The average Bonchev–Trinajstić information content (AvgIpc) is 3.12. The molecule has 4 aromatic heterocycles. The summed E-state index contributed by atoms with van der Waals surface area (Å²) in [5.74, 6) is 0.247. The number of ketones is 1. The van der Waals surface area contributed by atoms with Gasteiger partial charge in [0, 0.05) is 53.6 Å². The largest absolute Gasteiger partial charge is 0.299 e. The molecule has 28 heavy (non-hydrogen) atoms. The van der Waals surface area contributed by atoms with E-state index in [1.165, 1.54) is 0 Å². The van der Waals surface area contributed by atoms with Gasteiger partial charge in [0.05, 0.1) is 23.6 Å². The molecule has 0 N–H and O–H groups in total. The lowest BCUT2D eigenvalue weighted by molar-refractivity contribution is -0.118. The number of aryl methyl sites for hydroxylation is 1. The third-order valence-corrected chi connectivity index (χ3v) is 4.74. The first-order valence-electron chi connectivity index (χ1n) is 9.28. The van der Waals surface area contributed by atoms with Crippen molar-refractivity contribution in [3.8, 4) is 5.69 Å². The van der Waals surface area contributed by atoms with Crippen molar-refractivity contribution >= 4 is 16.7 Å². The number of carbonyl (C=O) groups excluding carboxylic acids is 1. The smallest absolute Gasteiger partial charge is 0.139 e. The van der Waals surface area contributed by atoms with Crippen molar-refractivity contribution in [1.29, 1.82) is 0 Å². The minimum atomic E-state index is 0.0927. The predicted molar refractivity (Wildman–Crippen MR) is 107 cm³/mol. The van der Waals surface area contributed by atoms with Crippen molar-refractivity contribution < 1.29 is 4.79 Å². The number of aromatic nitrogens is 5. The van der Waals surface area contributed by atoms with Crippen LogP contribution in [0.5, 0.6) is 0 Å². The molecule has 4 aromatic rings. The van der Waals surface area contributed by atoms with Gasteiger partial charge in [-0.2, -0.15) is 5.10 Å². The van der Waals surface area contributed by atoms with Gasteiger partial charge in [-0.05, 0) is 37.3 Å². The van der Waals surface area contributed by atoms with Gasteiger partial charge in [0.2, 0.25) is 0 Å². The van der Waals surface area contributed by atoms with E-state index in [0.717, 1.165) is 33.7 Å². The maximum atomic E-state index is 12.5. The molecule has 0 saturated carbocycles. The number of Topliss-reactive ketones (excluding diaryl/α,β-unsaturated/α-hetero) is 1. The number of carbonyl (C=O) groups is 1. The molecule has 0 unspecified atom stereocenters. The highest BCUT2D eigenvalue weighted by molar-refractivity contribution is 5.84. The van der Waals surface area contributed by atoms with Crippen LogP contribution in [0.1, 0.15) is 36.3 Å². The van der Waals surface area contributed by atoms with Crippen molar-refractivity contribution in [2.24, 2.45) is 0 Å². The van der Waals surface area contributed by atoms with Gasteiger partial charge in [-0.25, -0.2) is 4.68 Å². The van der Waals surface area contributed by atoms with E-state index in [-0.39, 0.29) is 11.7 Å². The summed E-state index contributed by atoms with van der Waals surface area (Å²) in [6, 6.07) is 11.6. The molecule has 0 amide bonds. The summed E-state index contributed by atoms with van der Waals surface area (Å²) < 4.78 is 1.84. The topological polar surface area (TPSA) is 73.6 Å². The number of hydrogen-bond donors (Lipinski definition) is 0. The highest BCUT2D eigenvalue weighted by Gasteiger charge is 2.14. The molecular formula is C22H21N5O. The third kappa shape index (κ3) is 3.81. The van der Waals surface area contributed by atoms with E-state index in [1.54, 1.807) is 24.8 Å². The van der Waals surface area contributed by atoms with Gasteiger partial charge in [-0.15, -0.1) is 0 Å². The fourth-order valence-electron chi connectivity index (χ4n) is 3.32. The summed E-state index contributed by atoms with van der Waals surface area (Å²) >= 11 is 0. The monoisotopic (exact) mass is 371 g/mol. The standard InChI is InChI=1S/C22H21N5O/c1-15(21-5-3-4-7-24-21)9-20(28)12-18-11-17-13-26-27(22(17)14-25-18)19-6-8-23-16(2)10-19/h3-8,10-11,13-15H,9,12H2,1-2H3/t15-/m0/s1. The summed E-state index contributed by atoms with van der Waals surface area (Å²) in [5, 5.41) is 5.43. The Kier molecular flexibility index (Phi) is 4.93. The van der Waals surface area contributed by atoms with Crippen LogP contribution in [0.2, 0.25) is 0 Å². The van der Waals surface area contributed by atoms with E-state index in [4.69, 9.17) is 0 Å². The quantitative estimate of drug-likeness (QED) is 0.515. The molecule has 0 fully saturated rings. The zero-order chi connectivity index (χ0) is 19.5. The highest BCUT2D eigenvalue weighted by Crippen LogP contribution is 2.21. The molecule has 6 heteroatoms. The molecule has 0 aromatic carbocycles. The molecule has 4 rings (SSSR count). The van der Waals surface area contributed by atoms with Crippen molar-refractivity contribution in [3.63, 3.8) is 0 Å². The minimum Gasteiger partial charge on any atom is -0.299 e. The molecule has 0 bridgehead atoms. The summed E-state index contributed by atoms with van der Waals surface area (Å²) in [6.07, 6.45) is 7.87. The zero-order valence-corrected chi connectivity index (χ0v) is 15.9. The van der Waals surface area contributed by atoms with Crippen LogP contribution < -0.4 is 0 Å². The first-order valence-corrected chi connectivity index (χ1v) is 9.28. The second-order valence-electron chi connectivity index (χ2n) is 7.02. The molecule has 4 heterocycles. The first kappa shape index (κ1) is 18.0. The van der Waals surface area contributed by atoms with Crippen molar-refractivity contribution in [2.75, 3.05) is 0 Å². The number of hydrogen-bond acceptors (Lipinski definition) is 5. The van der Waals surface area contributed by atoms with Crippen molar-refractivity contribution in [2.45, 2.75) is 32.6 Å². The Labute approximate surface area is 163 Å². The van der Waals surface area contributed by atoms with Crippen LogP contribution in [-0.4, -0.2) is 30.5 Å². The second kappa shape index (κ2) is 7.68. The molecular weight excluding hydrogens is 350 g/mol. The summed E-state index contributed by atoms with van der Waals surface area (Å²) in [5.41, 5.74) is 4.48. The predicted octanol–water partition coefficient (Wildman–Crippen LogP) is 3.82. The Morgan fingerprint density at radius 1 is 1.07 bits per heavy atom. The number of nitrogens with zero attached hydrogens (tertiary/aromatic N) is 5. The molecule has 0 aliphatic rings. The zero-order valence-electron chi connectivity index (χ0n) is 15.9. The fraction of sp³-hybridized carbons (Fsp3) is 0.227. The molecule has 140 valence electrons. The van der Waals surface area contributed by atoms with Crippen molar-refractivity contribution in [1.82, 2.24) is 24.7 Å². The Bertz CT molecular complexity index is 1120. The lowest BCUT2D eigenvalue weighted by Crippen LogP contribution is -2.09. The minimum absolute atomic E-state index is 0.0927. The van der Waals surface area contributed by atoms with Gasteiger partial charge in [-0.3, -0.25) is 19.7 Å². The first-order chi connectivity index (χ1) is 13.6. The van der Waals surface area contributed by atoms with E-state index in [1.807, 2.05) is 54.9 Å². The summed E-state index contributed by atoms with van der Waals surface area (Å²) in [7, 11) is 0. The lowest BCUT2D eigenvalue weighted by atomic mass is 9.98. The molecule has 0 saturated heterocycles. The molecule has 6 nitrogen and oxygen atoms in total. The van der Waals surface area contributed by atoms with Gasteiger partial charge in [0.25, 0.3) is 0 Å². The van der Waals surface area contributed by atoms with Crippen LogP contribution in [0.15, 0.2) is 61.2 Å². The van der Waals surface area contributed by atoms with E-state index < -0.39 is 0 Å². The SMILES string of the molecule is Cc1cc(-n2ncc3cc(CC(=O)C[C@H](C)c4ccccn4)ncc32)ccn1. The Balaban J connectivity index is 1.50. The van der Waals surface area contributed by atoms with E-state index in [2.05, 4.69) is 20.1 Å². The van der Waals surface area contributed by atoms with E-state index >= 15 is 0 Å². The second-order valence-corrected chi connectivity index (χ2v) is 7.02. The van der Waals surface area contributed by atoms with Gasteiger partial charge < -0.3 is 0 Å². The number of pyridine rings is 3. The van der Waals surface area contributed by atoms with E-state index in [9.17, 15) is 4.79 Å². The summed E-state index contributed by atoms with van der Waals surface area (Å²) in [6.45, 7) is 3.97. The molecule has 0 spiro atoms. The van der Waals surface area contributed by atoms with Crippen molar-refractivity contribution in [3.05, 3.63) is 78.3 Å². The van der Waals surface area contributed by atoms with Gasteiger partial charge in [0.1, 0.15) is 5.78 Å². The molecule has 0 aliphatic heterocycles. The Morgan fingerprint density at radius 3 is 2.75 bits per heavy atom. The summed E-state index contributed by atoms with van der Waals surface area (Å²) in [4.78, 5) is 25.6. The van der Waals surface area contributed by atoms with Crippen LogP contribution in [-0.2, 0) is 11.2 Å².